The van der Waals surface area contributed by atoms with Crippen molar-refractivity contribution in [1.29, 1.82) is 0 Å². The topological polar surface area (TPSA) is 60.7 Å². The SMILES string of the molecule is CCCn1c(Sc2ncnc(CC)c2F)nc2ccccc2c1=O. The quantitative estimate of drug-likeness (QED) is 0.524. The Morgan fingerprint density at radius 1 is 1.21 bits per heavy atom. The monoisotopic (exact) mass is 344 g/mol. The van der Waals surface area contributed by atoms with E-state index in [1.54, 1.807) is 16.7 Å². The Balaban J connectivity index is 2.15. The Labute approximate surface area is 143 Å². The van der Waals surface area contributed by atoms with Crippen molar-refractivity contribution in [3.8, 4) is 0 Å². The maximum Gasteiger partial charge on any atom is 0.262 e. The number of fused-ring (bicyclic) bond motifs is 1. The highest BCUT2D eigenvalue weighted by molar-refractivity contribution is 7.99. The number of hydrogen-bond acceptors (Lipinski definition) is 5. The zero-order valence-electron chi connectivity index (χ0n) is 13.5. The molecule has 0 aliphatic carbocycles. The van der Waals surface area contributed by atoms with Crippen molar-refractivity contribution in [2.45, 2.75) is 43.4 Å². The van der Waals surface area contributed by atoms with Crippen molar-refractivity contribution >= 4 is 22.7 Å². The predicted molar refractivity (Wildman–Crippen MR) is 91.8 cm³/mol. The van der Waals surface area contributed by atoms with Gasteiger partial charge in [-0.3, -0.25) is 9.36 Å². The van der Waals surface area contributed by atoms with Gasteiger partial charge in [0.15, 0.2) is 11.0 Å². The van der Waals surface area contributed by atoms with Crippen molar-refractivity contribution in [1.82, 2.24) is 19.5 Å². The van der Waals surface area contributed by atoms with Gasteiger partial charge in [-0.2, -0.15) is 0 Å². The molecule has 124 valence electrons. The maximum absolute atomic E-state index is 14.4. The average molecular weight is 344 g/mol. The Bertz CT molecular complexity index is 942. The summed E-state index contributed by atoms with van der Waals surface area (Å²) >= 11 is 1.07. The second-order valence-electron chi connectivity index (χ2n) is 5.26. The molecule has 0 bridgehead atoms. The van der Waals surface area contributed by atoms with Gasteiger partial charge in [0.05, 0.1) is 16.6 Å². The molecule has 0 fully saturated rings. The van der Waals surface area contributed by atoms with Crippen LogP contribution in [0.4, 0.5) is 4.39 Å². The Kier molecular flexibility index (Phi) is 4.89. The van der Waals surface area contributed by atoms with Crippen molar-refractivity contribution < 1.29 is 4.39 Å². The third kappa shape index (κ3) is 3.03. The van der Waals surface area contributed by atoms with Crippen LogP contribution in [-0.2, 0) is 13.0 Å². The second kappa shape index (κ2) is 7.09. The van der Waals surface area contributed by atoms with Crippen LogP contribution in [-0.4, -0.2) is 19.5 Å². The molecular formula is C17H17FN4OS. The van der Waals surface area contributed by atoms with Gasteiger partial charge >= 0.3 is 0 Å². The van der Waals surface area contributed by atoms with E-state index in [0.29, 0.717) is 34.7 Å². The van der Waals surface area contributed by atoms with E-state index < -0.39 is 5.82 Å². The summed E-state index contributed by atoms with van der Waals surface area (Å²) in [5.41, 5.74) is 0.843. The van der Waals surface area contributed by atoms with Crippen LogP contribution in [0.2, 0.25) is 0 Å². The molecule has 7 heteroatoms. The van der Waals surface area contributed by atoms with Gasteiger partial charge in [0.2, 0.25) is 0 Å². The summed E-state index contributed by atoms with van der Waals surface area (Å²) < 4.78 is 16.0. The molecule has 0 saturated carbocycles. The number of rotatable bonds is 5. The standard InChI is InChI=1S/C17H17FN4OS/c1-3-9-22-16(23)11-7-5-6-8-13(11)21-17(22)24-15-14(18)12(4-2)19-10-20-15/h5-8,10H,3-4,9H2,1-2H3. The number of aromatic nitrogens is 4. The van der Waals surface area contributed by atoms with Crippen LogP contribution in [0.15, 0.2) is 45.6 Å². The van der Waals surface area contributed by atoms with Crippen molar-refractivity contribution in [3.63, 3.8) is 0 Å². The van der Waals surface area contributed by atoms with Gasteiger partial charge in [-0.1, -0.05) is 26.0 Å². The molecule has 0 saturated heterocycles. The first kappa shape index (κ1) is 16.6. The number of halogens is 1. The summed E-state index contributed by atoms with van der Waals surface area (Å²) in [7, 11) is 0. The number of aryl methyl sites for hydroxylation is 1. The van der Waals surface area contributed by atoms with E-state index in [1.165, 1.54) is 6.33 Å². The normalized spacial score (nSPS) is 11.1. The fourth-order valence-corrected chi connectivity index (χ4v) is 3.35. The van der Waals surface area contributed by atoms with Crippen molar-refractivity contribution in [2.24, 2.45) is 0 Å². The summed E-state index contributed by atoms with van der Waals surface area (Å²) in [4.78, 5) is 25.2. The van der Waals surface area contributed by atoms with Crippen LogP contribution < -0.4 is 5.56 Å². The summed E-state index contributed by atoms with van der Waals surface area (Å²) in [6, 6.07) is 7.18. The van der Waals surface area contributed by atoms with E-state index in [9.17, 15) is 9.18 Å². The first-order valence-corrected chi connectivity index (χ1v) is 8.64. The Morgan fingerprint density at radius 2 is 2.00 bits per heavy atom. The fourth-order valence-electron chi connectivity index (χ4n) is 2.44. The molecule has 3 aromatic rings. The summed E-state index contributed by atoms with van der Waals surface area (Å²) in [6.07, 6.45) is 2.60. The lowest BCUT2D eigenvalue weighted by atomic mass is 10.2. The van der Waals surface area contributed by atoms with Gasteiger partial charge in [-0.15, -0.1) is 0 Å². The van der Waals surface area contributed by atoms with Gasteiger partial charge in [-0.25, -0.2) is 19.3 Å². The van der Waals surface area contributed by atoms with Crippen LogP contribution in [0, 0.1) is 5.82 Å². The zero-order valence-corrected chi connectivity index (χ0v) is 14.3. The lowest BCUT2D eigenvalue weighted by Crippen LogP contribution is -2.23. The van der Waals surface area contributed by atoms with Crippen LogP contribution in [0.5, 0.6) is 0 Å². The maximum atomic E-state index is 14.4. The second-order valence-corrected chi connectivity index (χ2v) is 6.22. The molecule has 0 aliphatic rings. The number of benzene rings is 1. The lowest BCUT2D eigenvalue weighted by Gasteiger charge is -2.12. The minimum atomic E-state index is -0.449. The third-order valence-electron chi connectivity index (χ3n) is 3.63. The molecule has 0 N–H and O–H groups in total. The van der Waals surface area contributed by atoms with Gasteiger partial charge in [0, 0.05) is 6.54 Å². The molecular weight excluding hydrogens is 327 g/mol. The summed E-state index contributed by atoms with van der Waals surface area (Å²) in [5.74, 6) is -0.449. The molecule has 2 aromatic heterocycles. The fraction of sp³-hybridized carbons (Fsp3) is 0.294. The van der Waals surface area contributed by atoms with E-state index in [-0.39, 0.29) is 10.6 Å². The van der Waals surface area contributed by atoms with Crippen LogP contribution >= 0.6 is 11.8 Å². The van der Waals surface area contributed by atoms with Crippen LogP contribution in [0.3, 0.4) is 0 Å². The smallest absolute Gasteiger partial charge is 0.262 e. The first-order valence-electron chi connectivity index (χ1n) is 7.82. The van der Waals surface area contributed by atoms with E-state index in [4.69, 9.17) is 0 Å². The molecule has 1 aromatic carbocycles. The zero-order chi connectivity index (χ0) is 17.1. The van der Waals surface area contributed by atoms with Gasteiger partial charge in [0.25, 0.3) is 5.56 Å². The first-order chi connectivity index (χ1) is 11.7. The lowest BCUT2D eigenvalue weighted by molar-refractivity contribution is 0.555. The molecule has 5 nitrogen and oxygen atoms in total. The molecule has 3 rings (SSSR count). The average Bonchev–Trinajstić information content (AvgIpc) is 2.60. The van der Waals surface area contributed by atoms with Gasteiger partial charge in [0.1, 0.15) is 11.4 Å². The number of para-hydroxylation sites is 1. The summed E-state index contributed by atoms with van der Waals surface area (Å²) in [5, 5.41) is 1.20. The predicted octanol–water partition coefficient (Wildman–Crippen LogP) is 3.45. The molecule has 0 unspecified atom stereocenters. The van der Waals surface area contributed by atoms with Crippen LogP contribution in [0.25, 0.3) is 10.9 Å². The van der Waals surface area contributed by atoms with E-state index in [2.05, 4.69) is 15.0 Å². The highest BCUT2D eigenvalue weighted by atomic mass is 32.2. The highest BCUT2D eigenvalue weighted by Gasteiger charge is 2.16. The molecule has 0 amide bonds. The highest BCUT2D eigenvalue weighted by Crippen LogP contribution is 2.28. The third-order valence-corrected chi connectivity index (χ3v) is 4.60. The Morgan fingerprint density at radius 3 is 2.75 bits per heavy atom. The van der Waals surface area contributed by atoms with E-state index in [1.807, 2.05) is 26.0 Å². The minimum absolute atomic E-state index is 0.116. The Hall–Kier alpha value is -2.28. The number of hydrogen-bond donors (Lipinski definition) is 0. The van der Waals surface area contributed by atoms with Crippen LogP contribution in [0.1, 0.15) is 26.0 Å². The molecule has 2 heterocycles. The molecule has 0 aliphatic heterocycles. The van der Waals surface area contributed by atoms with Gasteiger partial charge in [-0.05, 0) is 36.7 Å². The van der Waals surface area contributed by atoms with Gasteiger partial charge < -0.3 is 0 Å². The largest absolute Gasteiger partial charge is 0.287 e. The van der Waals surface area contributed by atoms with E-state index >= 15 is 0 Å². The van der Waals surface area contributed by atoms with E-state index in [0.717, 1.165) is 18.2 Å². The van der Waals surface area contributed by atoms with Crippen molar-refractivity contribution in [3.05, 3.63) is 52.5 Å². The summed E-state index contributed by atoms with van der Waals surface area (Å²) in [6.45, 7) is 4.34. The van der Waals surface area contributed by atoms with Crippen molar-refractivity contribution in [2.75, 3.05) is 0 Å². The minimum Gasteiger partial charge on any atom is -0.287 e. The molecule has 0 radical (unpaired) electrons. The number of nitrogens with zero attached hydrogens (tertiary/aromatic N) is 4. The molecule has 24 heavy (non-hydrogen) atoms. The molecule has 0 spiro atoms. The molecule has 0 atom stereocenters.